The molecule has 0 fully saturated rings. The molecule has 0 aliphatic carbocycles. The summed E-state index contributed by atoms with van der Waals surface area (Å²) in [4.78, 5) is 0. The van der Waals surface area contributed by atoms with Crippen LogP contribution in [0.1, 0.15) is 11.1 Å². The summed E-state index contributed by atoms with van der Waals surface area (Å²) in [6.07, 6.45) is 0. The molecule has 0 aliphatic rings. The van der Waals surface area contributed by atoms with Crippen LogP contribution in [0.3, 0.4) is 0 Å². The number of rotatable bonds is 1. The first-order chi connectivity index (χ1) is 8.43. The zero-order valence-electron chi connectivity index (χ0n) is 9.56. The molecule has 0 N–H and O–H groups in total. The summed E-state index contributed by atoms with van der Waals surface area (Å²) >= 11 is 14.9. The summed E-state index contributed by atoms with van der Waals surface area (Å²) < 4.78 is 14.6. The second kappa shape index (κ2) is 5.11. The normalized spacial score (nSPS) is 10.8. The van der Waals surface area contributed by atoms with Crippen LogP contribution in [0.5, 0.6) is 0 Å². The molecular formula is C12H8BrCl2FN2. The van der Waals surface area contributed by atoms with Crippen LogP contribution in [0.2, 0.25) is 10.2 Å². The van der Waals surface area contributed by atoms with Crippen molar-refractivity contribution in [3.05, 3.63) is 43.7 Å². The summed E-state index contributed by atoms with van der Waals surface area (Å²) in [5.74, 6) is -0.523. The average molecular weight is 350 g/mol. The lowest BCUT2D eigenvalue weighted by molar-refractivity contribution is 0.629. The number of hydrogen-bond acceptors (Lipinski definition) is 2. The van der Waals surface area contributed by atoms with Gasteiger partial charge in [0.15, 0.2) is 11.0 Å². The molecule has 2 nitrogen and oxygen atoms in total. The molecule has 1 aromatic carbocycles. The van der Waals surface area contributed by atoms with Gasteiger partial charge in [-0.05, 0) is 53.0 Å². The molecule has 6 heteroatoms. The Labute approximate surface area is 122 Å². The highest BCUT2D eigenvalue weighted by molar-refractivity contribution is 9.10. The van der Waals surface area contributed by atoms with Crippen molar-refractivity contribution in [2.24, 2.45) is 0 Å². The van der Waals surface area contributed by atoms with E-state index >= 15 is 0 Å². The van der Waals surface area contributed by atoms with E-state index in [1.807, 2.05) is 13.8 Å². The minimum atomic E-state index is -0.523. The van der Waals surface area contributed by atoms with Gasteiger partial charge in [-0.2, -0.15) is 0 Å². The van der Waals surface area contributed by atoms with Crippen molar-refractivity contribution in [1.82, 2.24) is 10.2 Å². The monoisotopic (exact) mass is 348 g/mol. The third-order valence-corrected chi connectivity index (χ3v) is 4.37. The highest BCUT2D eigenvalue weighted by Crippen LogP contribution is 2.34. The van der Waals surface area contributed by atoms with Gasteiger partial charge in [-0.15, -0.1) is 10.2 Å². The van der Waals surface area contributed by atoms with Crippen LogP contribution >= 0.6 is 39.1 Å². The van der Waals surface area contributed by atoms with Gasteiger partial charge in [-0.3, -0.25) is 0 Å². The predicted molar refractivity (Wildman–Crippen MR) is 74.6 cm³/mol. The Morgan fingerprint density at radius 3 is 2.44 bits per heavy atom. The standard InChI is InChI=1S/C12H8BrCl2FN2/c1-5-6(2)12(15)18-17-11(5)7-3-4-8(13)9(14)10(7)16/h3-4H,1-2H3. The van der Waals surface area contributed by atoms with Crippen LogP contribution in [0.4, 0.5) is 4.39 Å². The maximum Gasteiger partial charge on any atom is 0.154 e. The molecule has 2 aromatic rings. The SMILES string of the molecule is Cc1c(Cl)nnc(-c2ccc(Br)c(Cl)c2F)c1C. The Hall–Kier alpha value is -0.710. The third kappa shape index (κ3) is 2.25. The molecule has 94 valence electrons. The fourth-order valence-corrected chi connectivity index (χ4v) is 2.19. The van der Waals surface area contributed by atoms with Crippen molar-refractivity contribution in [2.75, 3.05) is 0 Å². The maximum atomic E-state index is 14.1. The van der Waals surface area contributed by atoms with E-state index in [1.165, 1.54) is 0 Å². The fourth-order valence-electron chi connectivity index (χ4n) is 1.54. The largest absolute Gasteiger partial charge is 0.205 e. The average Bonchev–Trinajstić information content (AvgIpc) is 2.35. The van der Waals surface area contributed by atoms with E-state index in [1.54, 1.807) is 12.1 Å². The molecule has 0 unspecified atom stereocenters. The number of hydrogen-bond donors (Lipinski definition) is 0. The molecule has 0 saturated heterocycles. The van der Waals surface area contributed by atoms with E-state index in [0.717, 1.165) is 11.1 Å². The van der Waals surface area contributed by atoms with Gasteiger partial charge < -0.3 is 0 Å². The van der Waals surface area contributed by atoms with E-state index in [0.29, 0.717) is 20.9 Å². The molecule has 1 heterocycles. The first kappa shape index (κ1) is 13.7. The summed E-state index contributed by atoms with van der Waals surface area (Å²) in [6, 6.07) is 3.28. The Kier molecular flexibility index (Phi) is 3.90. The molecule has 0 saturated carbocycles. The quantitative estimate of drug-likeness (QED) is 0.679. The molecule has 0 bridgehead atoms. The molecule has 0 amide bonds. The Morgan fingerprint density at radius 2 is 1.78 bits per heavy atom. The van der Waals surface area contributed by atoms with Crippen molar-refractivity contribution in [3.63, 3.8) is 0 Å². The molecule has 0 aliphatic heterocycles. The summed E-state index contributed by atoms with van der Waals surface area (Å²) in [6.45, 7) is 3.63. The van der Waals surface area contributed by atoms with Crippen LogP contribution in [0.25, 0.3) is 11.3 Å². The highest BCUT2D eigenvalue weighted by Gasteiger charge is 2.17. The zero-order chi connectivity index (χ0) is 13.4. The van der Waals surface area contributed by atoms with E-state index in [9.17, 15) is 4.39 Å². The Morgan fingerprint density at radius 1 is 1.11 bits per heavy atom. The van der Waals surface area contributed by atoms with Gasteiger partial charge in [0, 0.05) is 10.0 Å². The lowest BCUT2D eigenvalue weighted by atomic mass is 10.0. The minimum Gasteiger partial charge on any atom is -0.205 e. The minimum absolute atomic E-state index is 0.0290. The molecule has 0 atom stereocenters. The molecule has 1 aromatic heterocycles. The van der Waals surface area contributed by atoms with Crippen molar-refractivity contribution in [1.29, 1.82) is 0 Å². The van der Waals surface area contributed by atoms with Crippen molar-refractivity contribution in [3.8, 4) is 11.3 Å². The number of nitrogens with zero attached hydrogens (tertiary/aromatic N) is 2. The highest BCUT2D eigenvalue weighted by atomic mass is 79.9. The van der Waals surface area contributed by atoms with E-state index in [-0.39, 0.29) is 5.02 Å². The topological polar surface area (TPSA) is 25.8 Å². The van der Waals surface area contributed by atoms with Crippen molar-refractivity contribution < 1.29 is 4.39 Å². The molecule has 2 rings (SSSR count). The number of halogens is 4. The van der Waals surface area contributed by atoms with Crippen LogP contribution < -0.4 is 0 Å². The van der Waals surface area contributed by atoms with Gasteiger partial charge >= 0.3 is 0 Å². The first-order valence-corrected chi connectivity index (χ1v) is 6.61. The van der Waals surface area contributed by atoms with Gasteiger partial charge in [0.05, 0.1) is 10.7 Å². The van der Waals surface area contributed by atoms with E-state index in [2.05, 4.69) is 26.1 Å². The van der Waals surface area contributed by atoms with E-state index in [4.69, 9.17) is 23.2 Å². The number of aromatic nitrogens is 2. The van der Waals surface area contributed by atoms with Gasteiger partial charge in [0.2, 0.25) is 0 Å². The second-order valence-electron chi connectivity index (χ2n) is 3.81. The summed E-state index contributed by atoms with van der Waals surface area (Å²) in [5, 5.41) is 8.10. The van der Waals surface area contributed by atoms with Crippen LogP contribution in [-0.2, 0) is 0 Å². The fraction of sp³-hybridized carbons (Fsp3) is 0.167. The third-order valence-electron chi connectivity index (χ3n) is 2.76. The molecule has 18 heavy (non-hydrogen) atoms. The zero-order valence-corrected chi connectivity index (χ0v) is 12.7. The van der Waals surface area contributed by atoms with E-state index < -0.39 is 5.82 Å². The first-order valence-electron chi connectivity index (χ1n) is 5.06. The second-order valence-corrected chi connectivity index (χ2v) is 5.40. The number of benzene rings is 1. The maximum absolute atomic E-state index is 14.1. The van der Waals surface area contributed by atoms with Gasteiger partial charge in [-0.1, -0.05) is 23.2 Å². The van der Waals surface area contributed by atoms with Gasteiger partial charge in [0.1, 0.15) is 0 Å². The van der Waals surface area contributed by atoms with Crippen LogP contribution in [0, 0.1) is 19.7 Å². The predicted octanol–water partition coefficient (Wildman–Crippen LogP) is 4.97. The summed E-state index contributed by atoms with van der Waals surface area (Å²) in [5.41, 5.74) is 2.32. The Balaban J connectivity index is 2.71. The van der Waals surface area contributed by atoms with Crippen LogP contribution in [-0.4, -0.2) is 10.2 Å². The van der Waals surface area contributed by atoms with Gasteiger partial charge in [0.25, 0.3) is 0 Å². The van der Waals surface area contributed by atoms with Crippen LogP contribution in [0.15, 0.2) is 16.6 Å². The smallest absolute Gasteiger partial charge is 0.154 e. The molecule has 0 radical (unpaired) electrons. The lowest BCUT2D eigenvalue weighted by Crippen LogP contribution is -1.98. The molecule has 0 spiro atoms. The Bertz CT molecular complexity index is 576. The lowest BCUT2D eigenvalue weighted by Gasteiger charge is -2.10. The van der Waals surface area contributed by atoms with Gasteiger partial charge in [-0.25, -0.2) is 4.39 Å². The van der Waals surface area contributed by atoms with Crippen molar-refractivity contribution >= 4 is 39.1 Å². The molecular weight excluding hydrogens is 342 g/mol. The van der Waals surface area contributed by atoms with Crippen molar-refractivity contribution in [2.45, 2.75) is 13.8 Å². The summed E-state index contributed by atoms with van der Waals surface area (Å²) in [7, 11) is 0.